The van der Waals surface area contributed by atoms with Crippen LogP contribution in [0.2, 0.25) is 10.0 Å². The van der Waals surface area contributed by atoms with Gasteiger partial charge in [0.25, 0.3) is 5.91 Å². The van der Waals surface area contributed by atoms with E-state index in [1.807, 2.05) is 30.3 Å². The van der Waals surface area contributed by atoms with Crippen molar-refractivity contribution in [3.05, 3.63) is 58.1 Å². The van der Waals surface area contributed by atoms with E-state index in [0.717, 1.165) is 5.75 Å². The van der Waals surface area contributed by atoms with Gasteiger partial charge in [0.2, 0.25) is 5.91 Å². The highest BCUT2D eigenvalue weighted by Gasteiger charge is 2.28. The number of carbonyl (C=O) groups is 2. The fourth-order valence-electron chi connectivity index (χ4n) is 3.18. The quantitative estimate of drug-likeness (QED) is 0.691. The Morgan fingerprint density at radius 3 is 2.21 bits per heavy atom. The molecule has 0 unspecified atom stereocenters. The SMILES string of the molecule is COc1c(Cl)ccc(Cl)c1C(=O)N1CCN(C(=O)CCOc2ccccc2)CC1. The highest BCUT2D eigenvalue weighted by Crippen LogP contribution is 2.34. The number of nitrogens with zero attached hydrogens (tertiary/aromatic N) is 2. The van der Waals surface area contributed by atoms with E-state index in [1.54, 1.807) is 21.9 Å². The summed E-state index contributed by atoms with van der Waals surface area (Å²) < 4.78 is 10.8. The van der Waals surface area contributed by atoms with Crippen LogP contribution in [0.5, 0.6) is 11.5 Å². The highest BCUT2D eigenvalue weighted by molar-refractivity contribution is 6.37. The van der Waals surface area contributed by atoms with E-state index in [4.69, 9.17) is 32.7 Å². The molecule has 1 heterocycles. The summed E-state index contributed by atoms with van der Waals surface area (Å²) in [5.41, 5.74) is 0.248. The van der Waals surface area contributed by atoms with Crippen molar-refractivity contribution in [2.24, 2.45) is 0 Å². The summed E-state index contributed by atoms with van der Waals surface area (Å²) in [4.78, 5) is 28.8. The molecule has 0 aromatic heterocycles. The lowest BCUT2D eigenvalue weighted by Crippen LogP contribution is -2.50. The molecule has 1 fully saturated rings. The van der Waals surface area contributed by atoms with Crippen molar-refractivity contribution in [1.29, 1.82) is 0 Å². The maximum atomic E-state index is 12.9. The summed E-state index contributed by atoms with van der Waals surface area (Å²) in [7, 11) is 1.45. The van der Waals surface area contributed by atoms with Gasteiger partial charge in [0.05, 0.1) is 30.2 Å². The Morgan fingerprint density at radius 1 is 0.931 bits per heavy atom. The van der Waals surface area contributed by atoms with Gasteiger partial charge in [0.1, 0.15) is 11.3 Å². The zero-order valence-corrected chi connectivity index (χ0v) is 17.6. The van der Waals surface area contributed by atoms with Crippen LogP contribution in [0.4, 0.5) is 0 Å². The van der Waals surface area contributed by atoms with Gasteiger partial charge in [-0.15, -0.1) is 0 Å². The van der Waals surface area contributed by atoms with Gasteiger partial charge in [-0.1, -0.05) is 41.4 Å². The van der Waals surface area contributed by atoms with Crippen molar-refractivity contribution in [3.8, 4) is 11.5 Å². The van der Waals surface area contributed by atoms with Gasteiger partial charge in [-0.3, -0.25) is 9.59 Å². The van der Waals surface area contributed by atoms with Crippen LogP contribution in [-0.2, 0) is 4.79 Å². The molecule has 2 amide bonds. The third-order valence-electron chi connectivity index (χ3n) is 4.72. The normalized spacial score (nSPS) is 13.9. The fourth-order valence-corrected chi connectivity index (χ4v) is 3.64. The predicted molar refractivity (Wildman–Crippen MR) is 112 cm³/mol. The molecule has 8 heteroatoms. The Labute approximate surface area is 179 Å². The van der Waals surface area contributed by atoms with Crippen molar-refractivity contribution < 1.29 is 19.1 Å². The fraction of sp³-hybridized carbons (Fsp3) is 0.333. The summed E-state index contributed by atoms with van der Waals surface area (Å²) in [6.45, 7) is 2.05. The Kier molecular flexibility index (Phi) is 7.23. The number of hydrogen-bond acceptors (Lipinski definition) is 4. The van der Waals surface area contributed by atoms with E-state index in [1.165, 1.54) is 7.11 Å². The summed E-state index contributed by atoms with van der Waals surface area (Å²) in [5, 5.41) is 0.611. The van der Waals surface area contributed by atoms with Crippen molar-refractivity contribution in [3.63, 3.8) is 0 Å². The molecule has 1 saturated heterocycles. The first-order valence-electron chi connectivity index (χ1n) is 9.28. The lowest BCUT2D eigenvalue weighted by Gasteiger charge is -2.35. The van der Waals surface area contributed by atoms with Crippen LogP contribution in [0, 0.1) is 0 Å². The summed E-state index contributed by atoms with van der Waals surface area (Å²) in [6, 6.07) is 12.5. The first-order valence-corrected chi connectivity index (χ1v) is 10.0. The molecular formula is C21H22Cl2N2O4. The van der Waals surface area contributed by atoms with E-state index in [9.17, 15) is 9.59 Å². The van der Waals surface area contributed by atoms with Crippen LogP contribution in [0.15, 0.2) is 42.5 Å². The van der Waals surface area contributed by atoms with Crippen LogP contribution < -0.4 is 9.47 Å². The third kappa shape index (κ3) is 5.14. The molecule has 0 saturated carbocycles. The van der Waals surface area contributed by atoms with Gasteiger partial charge in [-0.2, -0.15) is 0 Å². The van der Waals surface area contributed by atoms with E-state index >= 15 is 0 Å². The molecule has 154 valence electrons. The van der Waals surface area contributed by atoms with Crippen LogP contribution >= 0.6 is 23.2 Å². The number of rotatable bonds is 6. The van der Waals surface area contributed by atoms with Crippen LogP contribution in [0.25, 0.3) is 0 Å². The molecule has 0 bridgehead atoms. The largest absolute Gasteiger partial charge is 0.494 e. The number of hydrogen-bond donors (Lipinski definition) is 0. The van der Waals surface area contributed by atoms with Crippen molar-refractivity contribution in [1.82, 2.24) is 9.80 Å². The Morgan fingerprint density at radius 2 is 1.55 bits per heavy atom. The highest BCUT2D eigenvalue weighted by atomic mass is 35.5. The average Bonchev–Trinajstić information content (AvgIpc) is 2.75. The minimum Gasteiger partial charge on any atom is -0.494 e. The molecule has 2 aromatic rings. The molecule has 0 spiro atoms. The van der Waals surface area contributed by atoms with E-state index < -0.39 is 0 Å². The van der Waals surface area contributed by atoms with Gasteiger partial charge in [0, 0.05) is 26.2 Å². The second-order valence-electron chi connectivity index (χ2n) is 6.52. The number of piperazine rings is 1. The smallest absolute Gasteiger partial charge is 0.259 e. The second-order valence-corrected chi connectivity index (χ2v) is 7.34. The molecule has 2 aromatic carbocycles. The molecule has 29 heavy (non-hydrogen) atoms. The monoisotopic (exact) mass is 436 g/mol. The number of halogens is 2. The molecule has 0 radical (unpaired) electrons. The number of carbonyl (C=O) groups excluding carboxylic acids is 2. The van der Waals surface area contributed by atoms with E-state index in [2.05, 4.69) is 0 Å². The van der Waals surface area contributed by atoms with Gasteiger partial charge >= 0.3 is 0 Å². The molecule has 0 aliphatic carbocycles. The standard InChI is InChI=1S/C21H22Cl2N2O4/c1-28-20-17(23)8-7-16(22)19(20)21(27)25-12-10-24(11-13-25)18(26)9-14-29-15-5-3-2-4-6-15/h2-8H,9-14H2,1H3. The third-order valence-corrected chi connectivity index (χ3v) is 5.34. The van der Waals surface area contributed by atoms with Gasteiger partial charge in [-0.25, -0.2) is 0 Å². The molecule has 1 aliphatic heterocycles. The van der Waals surface area contributed by atoms with Crippen LogP contribution in [0.1, 0.15) is 16.8 Å². The summed E-state index contributed by atoms with van der Waals surface area (Å²) >= 11 is 12.3. The number of benzene rings is 2. The van der Waals surface area contributed by atoms with Crippen LogP contribution in [-0.4, -0.2) is 61.5 Å². The van der Waals surface area contributed by atoms with Crippen molar-refractivity contribution >= 4 is 35.0 Å². The maximum Gasteiger partial charge on any atom is 0.259 e. The molecule has 6 nitrogen and oxygen atoms in total. The zero-order chi connectivity index (χ0) is 20.8. The van der Waals surface area contributed by atoms with Gasteiger partial charge in [-0.05, 0) is 24.3 Å². The number of methoxy groups -OCH3 is 1. The lowest BCUT2D eigenvalue weighted by atomic mass is 10.1. The van der Waals surface area contributed by atoms with Gasteiger partial charge < -0.3 is 19.3 Å². The number of ether oxygens (including phenoxy) is 2. The zero-order valence-electron chi connectivity index (χ0n) is 16.1. The molecule has 0 N–H and O–H groups in total. The lowest BCUT2D eigenvalue weighted by molar-refractivity contribution is -0.133. The Balaban J connectivity index is 1.53. The molecule has 1 aliphatic rings. The summed E-state index contributed by atoms with van der Waals surface area (Å²) in [6.07, 6.45) is 0.288. The minimum atomic E-state index is -0.256. The maximum absolute atomic E-state index is 12.9. The first kappa shape index (κ1) is 21.3. The molecule has 3 rings (SSSR count). The average molecular weight is 437 g/mol. The number of para-hydroxylation sites is 1. The Bertz CT molecular complexity index is 868. The summed E-state index contributed by atoms with van der Waals surface area (Å²) in [5.74, 6) is 0.754. The molecular weight excluding hydrogens is 415 g/mol. The van der Waals surface area contributed by atoms with Crippen molar-refractivity contribution in [2.75, 3.05) is 39.9 Å². The predicted octanol–water partition coefficient (Wildman–Crippen LogP) is 3.76. The second kappa shape index (κ2) is 9.85. The van der Waals surface area contributed by atoms with Crippen LogP contribution in [0.3, 0.4) is 0 Å². The van der Waals surface area contributed by atoms with Crippen molar-refractivity contribution in [2.45, 2.75) is 6.42 Å². The minimum absolute atomic E-state index is 0.00592. The molecule has 0 atom stereocenters. The van der Waals surface area contributed by atoms with E-state index in [-0.39, 0.29) is 34.6 Å². The van der Waals surface area contributed by atoms with Gasteiger partial charge in [0.15, 0.2) is 5.75 Å². The Hall–Kier alpha value is -2.44. The number of amides is 2. The topological polar surface area (TPSA) is 59.1 Å². The first-order chi connectivity index (χ1) is 14.0. The van der Waals surface area contributed by atoms with E-state index in [0.29, 0.717) is 37.8 Å².